The molecular weight excluding hydrogens is 299 g/mol. The highest BCUT2D eigenvalue weighted by Crippen LogP contribution is 2.30. The number of ether oxygens (including phenoxy) is 1. The number of halogens is 2. The van der Waals surface area contributed by atoms with Gasteiger partial charge < -0.3 is 14.5 Å². The second-order valence-corrected chi connectivity index (χ2v) is 5.22. The molecule has 0 saturated carbocycles. The van der Waals surface area contributed by atoms with Crippen molar-refractivity contribution in [2.45, 2.75) is 6.92 Å². The number of piperazine rings is 1. The molecule has 0 aromatic heterocycles. The lowest BCUT2D eigenvalue weighted by Gasteiger charge is -2.36. The number of hydrogen-bond acceptors (Lipinski definition) is 3. The van der Waals surface area contributed by atoms with Crippen LogP contribution in [0.3, 0.4) is 0 Å². The predicted molar refractivity (Wildman–Crippen MR) is 82.1 cm³/mol. The number of rotatable bonds is 4. The Morgan fingerprint density at radius 3 is 2.60 bits per heavy atom. The van der Waals surface area contributed by atoms with Gasteiger partial charge in [-0.05, 0) is 19.1 Å². The van der Waals surface area contributed by atoms with Gasteiger partial charge in [-0.15, -0.1) is 11.6 Å². The van der Waals surface area contributed by atoms with Gasteiger partial charge in [0.2, 0.25) is 5.91 Å². The van der Waals surface area contributed by atoms with Crippen LogP contribution in [0.15, 0.2) is 18.2 Å². The average Bonchev–Trinajstić information content (AvgIpc) is 2.49. The van der Waals surface area contributed by atoms with Crippen molar-refractivity contribution in [1.29, 1.82) is 0 Å². The molecule has 0 unspecified atom stereocenters. The molecule has 0 spiro atoms. The lowest BCUT2D eigenvalue weighted by atomic mass is 10.2. The summed E-state index contributed by atoms with van der Waals surface area (Å²) in [6, 6.07) is 5.77. The van der Waals surface area contributed by atoms with E-state index in [1.165, 1.54) is 0 Å². The van der Waals surface area contributed by atoms with Gasteiger partial charge in [-0.2, -0.15) is 0 Å². The zero-order chi connectivity index (χ0) is 14.5. The van der Waals surface area contributed by atoms with Gasteiger partial charge in [0.15, 0.2) is 0 Å². The molecule has 1 aliphatic rings. The summed E-state index contributed by atoms with van der Waals surface area (Å²) in [6.45, 7) is 5.47. The first-order valence-electron chi connectivity index (χ1n) is 6.66. The molecule has 4 nitrogen and oxygen atoms in total. The number of amides is 1. The molecule has 2 rings (SSSR count). The fourth-order valence-corrected chi connectivity index (χ4v) is 2.59. The van der Waals surface area contributed by atoms with E-state index in [0.29, 0.717) is 30.5 Å². The van der Waals surface area contributed by atoms with Gasteiger partial charge in [0, 0.05) is 37.9 Å². The van der Waals surface area contributed by atoms with Crippen LogP contribution in [-0.4, -0.2) is 49.5 Å². The van der Waals surface area contributed by atoms with E-state index in [2.05, 4.69) is 4.90 Å². The van der Waals surface area contributed by atoms with Crippen molar-refractivity contribution in [3.63, 3.8) is 0 Å². The van der Waals surface area contributed by atoms with Gasteiger partial charge in [0.25, 0.3) is 0 Å². The van der Waals surface area contributed by atoms with Crippen LogP contribution in [0.4, 0.5) is 5.69 Å². The molecule has 0 atom stereocenters. The largest absolute Gasteiger partial charge is 0.492 e. The smallest absolute Gasteiger partial charge is 0.237 e. The van der Waals surface area contributed by atoms with Crippen LogP contribution in [0.2, 0.25) is 5.02 Å². The second kappa shape index (κ2) is 7.04. The average molecular weight is 317 g/mol. The number of carbonyl (C=O) groups excluding carboxylic acids is 1. The van der Waals surface area contributed by atoms with Crippen molar-refractivity contribution < 1.29 is 9.53 Å². The van der Waals surface area contributed by atoms with Gasteiger partial charge in [-0.25, -0.2) is 0 Å². The van der Waals surface area contributed by atoms with E-state index < -0.39 is 0 Å². The van der Waals surface area contributed by atoms with Crippen molar-refractivity contribution in [3.05, 3.63) is 23.2 Å². The summed E-state index contributed by atoms with van der Waals surface area (Å²) in [5.41, 5.74) is 1.07. The van der Waals surface area contributed by atoms with Gasteiger partial charge in [-0.1, -0.05) is 11.6 Å². The Bertz CT molecular complexity index is 474. The first-order chi connectivity index (χ1) is 9.65. The molecule has 1 heterocycles. The summed E-state index contributed by atoms with van der Waals surface area (Å²) in [5, 5.41) is 0.617. The molecular formula is C14H18Cl2N2O2. The monoisotopic (exact) mass is 316 g/mol. The van der Waals surface area contributed by atoms with Crippen molar-refractivity contribution in [2.75, 3.05) is 43.6 Å². The molecule has 0 radical (unpaired) electrons. The molecule has 6 heteroatoms. The first-order valence-corrected chi connectivity index (χ1v) is 7.58. The summed E-state index contributed by atoms with van der Waals surface area (Å²) in [7, 11) is 0. The second-order valence-electron chi connectivity index (χ2n) is 4.55. The fourth-order valence-electron chi connectivity index (χ4n) is 2.25. The number of alkyl halides is 1. The summed E-state index contributed by atoms with van der Waals surface area (Å²) in [6.07, 6.45) is 0. The minimum Gasteiger partial charge on any atom is -0.492 e. The van der Waals surface area contributed by atoms with Crippen LogP contribution in [0.1, 0.15) is 6.92 Å². The van der Waals surface area contributed by atoms with E-state index in [4.69, 9.17) is 27.9 Å². The number of nitrogens with zero attached hydrogens (tertiary/aromatic N) is 2. The molecule has 110 valence electrons. The van der Waals surface area contributed by atoms with E-state index in [1.807, 2.05) is 25.1 Å². The van der Waals surface area contributed by atoms with E-state index in [9.17, 15) is 4.79 Å². The molecule has 0 aliphatic carbocycles. The van der Waals surface area contributed by atoms with Crippen molar-refractivity contribution >= 4 is 34.8 Å². The highest BCUT2D eigenvalue weighted by atomic mass is 35.5. The van der Waals surface area contributed by atoms with Crippen LogP contribution in [0.5, 0.6) is 5.75 Å². The van der Waals surface area contributed by atoms with Gasteiger partial charge >= 0.3 is 0 Å². The van der Waals surface area contributed by atoms with Gasteiger partial charge in [-0.3, -0.25) is 4.79 Å². The zero-order valence-corrected chi connectivity index (χ0v) is 13.0. The minimum atomic E-state index is -0.00238. The lowest BCUT2D eigenvalue weighted by Crippen LogP contribution is -2.49. The van der Waals surface area contributed by atoms with Crippen LogP contribution < -0.4 is 9.64 Å². The summed E-state index contributed by atoms with van der Waals surface area (Å²) >= 11 is 11.7. The Morgan fingerprint density at radius 2 is 2.00 bits per heavy atom. The van der Waals surface area contributed by atoms with Crippen LogP contribution >= 0.6 is 23.2 Å². The predicted octanol–water partition coefficient (Wildman–Crippen LogP) is 2.63. The van der Waals surface area contributed by atoms with Gasteiger partial charge in [0.1, 0.15) is 11.6 Å². The molecule has 0 bridgehead atoms. The highest BCUT2D eigenvalue weighted by Gasteiger charge is 2.21. The first kappa shape index (κ1) is 15.3. The normalized spacial score (nSPS) is 15.3. The molecule has 0 N–H and O–H groups in total. The maximum Gasteiger partial charge on any atom is 0.237 e. The maximum absolute atomic E-state index is 11.5. The van der Waals surface area contributed by atoms with Crippen LogP contribution in [-0.2, 0) is 4.79 Å². The quantitative estimate of drug-likeness (QED) is 0.800. The number of benzene rings is 1. The summed E-state index contributed by atoms with van der Waals surface area (Å²) < 4.78 is 5.50. The molecule has 1 saturated heterocycles. The number of carbonyl (C=O) groups is 1. The van der Waals surface area contributed by atoms with Crippen LogP contribution in [0.25, 0.3) is 0 Å². The Kier molecular flexibility index (Phi) is 5.38. The van der Waals surface area contributed by atoms with Gasteiger partial charge in [0.05, 0.1) is 11.6 Å². The van der Waals surface area contributed by atoms with Crippen molar-refractivity contribution in [2.24, 2.45) is 0 Å². The third kappa shape index (κ3) is 3.49. The van der Waals surface area contributed by atoms with E-state index in [0.717, 1.165) is 18.8 Å². The Hall–Kier alpha value is -1.13. The molecule has 1 aromatic carbocycles. The standard InChI is InChI=1S/C14H18Cl2N2O2/c1-2-20-13-9-11(3-4-12(13)16)17-5-7-18(8-6-17)14(19)10-15/h3-4,9H,2,5-8,10H2,1H3. The van der Waals surface area contributed by atoms with E-state index in [-0.39, 0.29) is 11.8 Å². The number of hydrogen-bond donors (Lipinski definition) is 0. The zero-order valence-electron chi connectivity index (χ0n) is 11.4. The molecule has 1 fully saturated rings. The minimum absolute atomic E-state index is 0.00238. The molecule has 20 heavy (non-hydrogen) atoms. The van der Waals surface area contributed by atoms with E-state index >= 15 is 0 Å². The number of anilines is 1. The van der Waals surface area contributed by atoms with Crippen LogP contribution in [0, 0.1) is 0 Å². The highest BCUT2D eigenvalue weighted by molar-refractivity contribution is 6.32. The van der Waals surface area contributed by atoms with E-state index in [1.54, 1.807) is 4.90 Å². The Balaban J connectivity index is 2.03. The molecule has 1 aromatic rings. The summed E-state index contributed by atoms with van der Waals surface area (Å²) in [5.74, 6) is 0.749. The fraction of sp³-hybridized carbons (Fsp3) is 0.500. The van der Waals surface area contributed by atoms with Crippen molar-refractivity contribution in [1.82, 2.24) is 4.90 Å². The SMILES string of the molecule is CCOc1cc(N2CCN(C(=O)CCl)CC2)ccc1Cl. The maximum atomic E-state index is 11.5. The molecule has 1 amide bonds. The van der Waals surface area contributed by atoms with Crippen molar-refractivity contribution in [3.8, 4) is 5.75 Å². The summed E-state index contributed by atoms with van der Waals surface area (Å²) in [4.78, 5) is 15.5. The lowest BCUT2D eigenvalue weighted by molar-refractivity contribution is -0.128. The topological polar surface area (TPSA) is 32.8 Å². The molecule has 1 aliphatic heterocycles. The Morgan fingerprint density at radius 1 is 1.30 bits per heavy atom. The Labute approximate surface area is 129 Å². The third-order valence-electron chi connectivity index (χ3n) is 3.33. The third-order valence-corrected chi connectivity index (χ3v) is 3.87.